The van der Waals surface area contributed by atoms with Crippen LogP contribution >= 0.6 is 12.2 Å². The Morgan fingerprint density at radius 3 is 2.55 bits per heavy atom. The molecule has 1 rings (SSSR count). The van der Waals surface area contributed by atoms with Crippen molar-refractivity contribution in [3.8, 4) is 6.07 Å². The number of rotatable bonds is 5. The molecule has 9 heteroatoms. The van der Waals surface area contributed by atoms with Crippen LogP contribution in [0.3, 0.4) is 0 Å². The summed E-state index contributed by atoms with van der Waals surface area (Å²) in [6, 6.07) is 7.30. The molecule has 0 fully saturated rings. The van der Waals surface area contributed by atoms with Crippen LogP contribution < -0.4 is 11.2 Å². The van der Waals surface area contributed by atoms with Gasteiger partial charge in [0.2, 0.25) is 11.9 Å². The molecule has 0 aliphatic rings. The summed E-state index contributed by atoms with van der Waals surface area (Å²) < 4.78 is 4.94. The minimum absolute atomic E-state index is 0.0283. The molecule has 8 nitrogen and oxygen atoms in total. The summed E-state index contributed by atoms with van der Waals surface area (Å²) in [5.74, 6) is -0.0737. The van der Waals surface area contributed by atoms with Gasteiger partial charge in [-0.2, -0.15) is 15.5 Å². The lowest BCUT2D eigenvalue weighted by atomic mass is 10.1. The van der Waals surface area contributed by atoms with Gasteiger partial charge in [0.25, 0.3) is 0 Å². The molecule has 22 heavy (non-hydrogen) atoms. The molecule has 0 amide bonds. The summed E-state index contributed by atoms with van der Waals surface area (Å²) in [7, 11) is 1.33. The van der Waals surface area contributed by atoms with E-state index in [1.54, 1.807) is 24.3 Å². The highest BCUT2D eigenvalue weighted by molar-refractivity contribution is 7.80. The highest BCUT2D eigenvalue weighted by Gasteiger charge is 2.15. The van der Waals surface area contributed by atoms with E-state index in [1.807, 2.05) is 6.07 Å². The van der Waals surface area contributed by atoms with Gasteiger partial charge in [0.1, 0.15) is 6.07 Å². The van der Waals surface area contributed by atoms with Crippen molar-refractivity contribution < 1.29 is 9.53 Å². The van der Waals surface area contributed by atoms with Gasteiger partial charge in [-0.25, -0.2) is 0 Å². The van der Waals surface area contributed by atoms with Crippen molar-refractivity contribution in [2.75, 3.05) is 7.11 Å². The van der Waals surface area contributed by atoms with Crippen molar-refractivity contribution >= 4 is 34.7 Å². The van der Waals surface area contributed by atoms with E-state index >= 15 is 0 Å². The Morgan fingerprint density at radius 2 is 2.09 bits per heavy atom. The average molecular weight is 318 g/mol. The molecule has 0 aromatic heterocycles. The maximum absolute atomic E-state index is 11.2. The highest BCUT2D eigenvalue weighted by atomic mass is 32.1. The first-order chi connectivity index (χ1) is 10.5. The maximum atomic E-state index is 11.2. The second kappa shape index (κ2) is 8.43. The van der Waals surface area contributed by atoms with Crippen LogP contribution in [0.5, 0.6) is 0 Å². The number of carbonyl (C=O) groups is 1. The molecule has 114 valence electrons. The number of Topliss-reactive ketones (excluding diaryl/α,β-unsaturated/α-hetero) is 1. The Balaban J connectivity index is 2.88. The van der Waals surface area contributed by atoms with Crippen LogP contribution in [-0.4, -0.2) is 29.9 Å². The zero-order valence-corrected chi connectivity index (χ0v) is 12.8. The minimum atomic E-state index is -1.06. The number of hydrogen-bond donors (Lipinski definition) is 2. The number of nitrogens with zero attached hydrogens (tertiary/aromatic N) is 4. The monoisotopic (exact) mass is 318 g/mol. The first-order valence-electron chi connectivity index (χ1n) is 6.06. The molecule has 0 heterocycles. The van der Waals surface area contributed by atoms with Gasteiger partial charge in [-0.05, 0) is 43.4 Å². The van der Waals surface area contributed by atoms with Gasteiger partial charge in [-0.3, -0.25) is 10.2 Å². The molecule has 1 unspecified atom stereocenters. The smallest absolute Gasteiger partial charge is 0.247 e. The van der Waals surface area contributed by atoms with Gasteiger partial charge in [0.15, 0.2) is 10.9 Å². The Bertz CT molecular complexity index is 647. The van der Waals surface area contributed by atoms with E-state index in [-0.39, 0.29) is 16.8 Å². The number of ketones is 1. The van der Waals surface area contributed by atoms with Crippen LogP contribution in [0.25, 0.3) is 0 Å². The zero-order valence-electron chi connectivity index (χ0n) is 12.0. The average Bonchev–Trinajstić information content (AvgIpc) is 2.50. The van der Waals surface area contributed by atoms with E-state index in [4.69, 9.17) is 15.7 Å². The molecule has 3 N–H and O–H groups in total. The number of methoxy groups -OCH3 is 1. The number of hydrazone groups is 1. The number of azo groups is 1. The fraction of sp³-hybridized carbons (Fsp3) is 0.231. The number of nitriles is 1. The zero-order chi connectivity index (χ0) is 16.5. The molecule has 0 aliphatic carbocycles. The lowest BCUT2D eigenvalue weighted by Crippen LogP contribution is -2.29. The summed E-state index contributed by atoms with van der Waals surface area (Å²) >= 11 is 4.60. The van der Waals surface area contributed by atoms with E-state index in [0.29, 0.717) is 11.3 Å². The van der Waals surface area contributed by atoms with Gasteiger partial charge in [0, 0.05) is 5.56 Å². The van der Waals surface area contributed by atoms with E-state index in [2.05, 4.69) is 33.0 Å². The van der Waals surface area contributed by atoms with Crippen molar-refractivity contribution in [3.05, 3.63) is 29.8 Å². The summed E-state index contributed by atoms with van der Waals surface area (Å²) in [5.41, 5.74) is 8.60. The minimum Gasteiger partial charge on any atom is -0.481 e. The second-order valence-corrected chi connectivity index (χ2v) is 4.42. The Morgan fingerprint density at radius 1 is 1.45 bits per heavy atom. The normalized spacial score (nSPS) is 12.5. The first kappa shape index (κ1) is 17.2. The molecule has 1 aromatic carbocycles. The van der Waals surface area contributed by atoms with Crippen molar-refractivity contribution in [1.29, 1.82) is 5.26 Å². The SMILES string of the molecule is CO/C(=N/NC(N)=S)C(C#N)N=Nc1ccc(C(C)=O)cc1. The fourth-order valence-electron chi connectivity index (χ4n) is 1.35. The fourth-order valence-corrected chi connectivity index (χ4v) is 1.39. The molecule has 0 saturated carbocycles. The second-order valence-electron chi connectivity index (χ2n) is 3.98. The van der Waals surface area contributed by atoms with Crippen molar-refractivity contribution in [2.45, 2.75) is 13.0 Å². The number of nitrogens with one attached hydrogen (secondary N) is 1. The van der Waals surface area contributed by atoms with Crippen molar-refractivity contribution in [3.63, 3.8) is 0 Å². The highest BCUT2D eigenvalue weighted by Crippen LogP contribution is 2.14. The molecule has 1 aromatic rings. The molecule has 0 radical (unpaired) electrons. The first-order valence-corrected chi connectivity index (χ1v) is 6.47. The number of thiocarbonyl (C=S) groups is 1. The lowest BCUT2D eigenvalue weighted by molar-refractivity contribution is 0.101. The summed E-state index contributed by atoms with van der Waals surface area (Å²) in [6.07, 6.45) is 0. The van der Waals surface area contributed by atoms with Crippen molar-refractivity contribution in [2.24, 2.45) is 21.1 Å². The molecule has 1 atom stereocenters. The van der Waals surface area contributed by atoms with Crippen LogP contribution in [0.4, 0.5) is 5.69 Å². The molecular weight excluding hydrogens is 304 g/mol. The maximum Gasteiger partial charge on any atom is 0.247 e. The predicted octanol–water partition coefficient (Wildman–Crippen LogP) is 1.66. The number of carbonyl (C=O) groups excluding carboxylic acids is 1. The van der Waals surface area contributed by atoms with Gasteiger partial charge >= 0.3 is 0 Å². The summed E-state index contributed by atoms with van der Waals surface area (Å²) in [6.45, 7) is 1.47. The molecule has 0 saturated heterocycles. The molecular formula is C13H14N6O2S. The third kappa shape index (κ3) is 5.26. The topological polar surface area (TPSA) is 125 Å². The molecule has 0 aliphatic heterocycles. The van der Waals surface area contributed by atoms with Crippen molar-refractivity contribution in [1.82, 2.24) is 5.43 Å². The van der Waals surface area contributed by atoms with Gasteiger partial charge in [-0.1, -0.05) is 0 Å². The number of hydrogen-bond acceptors (Lipinski definition) is 7. The Kier molecular flexibility index (Phi) is 6.59. The van der Waals surface area contributed by atoms with Crippen LogP contribution in [0.15, 0.2) is 39.6 Å². The van der Waals surface area contributed by atoms with Crippen LogP contribution in [0, 0.1) is 11.3 Å². The predicted molar refractivity (Wildman–Crippen MR) is 84.7 cm³/mol. The quantitative estimate of drug-likeness (QED) is 0.212. The third-order valence-corrected chi connectivity index (χ3v) is 2.50. The largest absolute Gasteiger partial charge is 0.481 e. The number of ether oxygens (including phenoxy) is 1. The Labute approximate surface area is 132 Å². The Hall–Kier alpha value is -2.86. The van der Waals surface area contributed by atoms with Gasteiger partial charge in [-0.15, -0.1) is 5.10 Å². The standard InChI is InChI=1S/C13H14N6O2S/c1-8(20)9-3-5-10(6-4-9)16-17-11(7-14)12(21-2)18-19-13(15)22/h3-6,11H,1-2H3,(H3,15,19,22)/b17-16?,18-12+. The lowest BCUT2D eigenvalue weighted by Gasteiger charge is -2.06. The summed E-state index contributed by atoms with van der Waals surface area (Å²) in [5, 5.41) is 20.5. The van der Waals surface area contributed by atoms with Gasteiger partial charge in [0.05, 0.1) is 12.8 Å². The van der Waals surface area contributed by atoms with Crippen LogP contribution in [0.1, 0.15) is 17.3 Å². The van der Waals surface area contributed by atoms with E-state index in [0.717, 1.165) is 0 Å². The van der Waals surface area contributed by atoms with E-state index < -0.39 is 6.04 Å². The number of nitrogens with two attached hydrogens (primary N) is 1. The molecule has 0 spiro atoms. The van der Waals surface area contributed by atoms with E-state index in [9.17, 15) is 4.79 Å². The third-order valence-electron chi connectivity index (χ3n) is 2.40. The van der Waals surface area contributed by atoms with Crippen LogP contribution in [-0.2, 0) is 4.74 Å². The van der Waals surface area contributed by atoms with Crippen LogP contribution in [0.2, 0.25) is 0 Å². The van der Waals surface area contributed by atoms with E-state index in [1.165, 1.54) is 14.0 Å². The molecule has 0 bridgehead atoms. The summed E-state index contributed by atoms with van der Waals surface area (Å²) in [4.78, 5) is 11.2. The number of benzene rings is 1. The van der Waals surface area contributed by atoms with Gasteiger partial charge < -0.3 is 10.5 Å².